The number of nitrogens with zero attached hydrogens (tertiary/aromatic N) is 4. The molecule has 33 heavy (non-hydrogen) atoms. The van der Waals surface area contributed by atoms with Gasteiger partial charge in [-0.2, -0.15) is 0 Å². The van der Waals surface area contributed by atoms with Gasteiger partial charge in [0.25, 0.3) is 0 Å². The second-order valence-electron chi connectivity index (χ2n) is 8.26. The van der Waals surface area contributed by atoms with E-state index >= 15 is 0 Å². The number of aryl methyl sites for hydroxylation is 1. The number of para-hydroxylation sites is 3. The minimum absolute atomic E-state index is 0.0985. The average Bonchev–Trinajstić information content (AvgIpc) is 3.55. The van der Waals surface area contributed by atoms with Crippen LogP contribution in [0.2, 0.25) is 0 Å². The molecule has 0 spiro atoms. The summed E-state index contributed by atoms with van der Waals surface area (Å²) in [6.07, 6.45) is 8.74. The Labute approximate surface area is 196 Å². The summed E-state index contributed by atoms with van der Waals surface area (Å²) in [6.45, 7) is 6.54. The molecule has 0 aliphatic carbocycles. The average molecular weight is 448 g/mol. The van der Waals surface area contributed by atoms with Crippen LogP contribution < -0.4 is 15.0 Å². The second kappa shape index (κ2) is 11.4. The molecule has 1 aliphatic heterocycles. The third kappa shape index (κ3) is 6.06. The molecule has 174 valence electrons. The van der Waals surface area contributed by atoms with Crippen LogP contribution in [0.1, 0.15) is 31.7 Å². The fourth-order valence-electron chi connectivity index (χ4n) is 4.26. The molecule has 7 nitrogen and oxygen atoms in total. The predicted molar refractivity (Wildman–Crippen MR) is 132 cm³/mol. The molecule has 2 amide bonds. The molecule has 4 rings (SSSR count). The Bertz CT molecular complexity index is 1020. The summed E-state index contributed by atoms with van der Waals surface area (Å²) in [7, 11) is 0. The van der Waals surface area contributed by atoms with Crippen molar-refractivity contribution in [3.8, 4) is 5.75 Å². The number of carbonyl (C=O) groups excluding carboxylic acids is 1. The number of amides is 2. The van der Waals surface area contributed by atoms with E-state index in [1.165, 1.54) is 12.8 Å². The summed E-state index contributed by atoms with van der Waals surface area (Å²) < 4.78 is 7.84. The van der Waals surface area contributed by atoms with Gasteiger partial charge in [-0.05, 0) is 44.4 Å². The molecule has 0 atom stereocenters. The zero-order valence-electron chi connectivity index (χ0n) is 19.3. The highest BCUT2D eigenvalue weighted by molar-refractivity contribution is 5.93. The first-order chi connectivity index (χ1) is 16.2. The molecule has 1 aliphatic rings. The van der Waals surface area contributed by atoms with Gasteiger partial charge in [-0.25, -0.2) is 9.78 Å². The van der Waals surface area contributed by atoms with E-state index in [9.17, 15) is 4.79 Å². The molecule has 2 heterocycles. The van der Waals surface area contributed by atoms with Crippen LogP contribution in [0.15, 0.2) is 67.3 Å². The van der Waals surface area contributed by atoms with Crippen LogP contribution in [0.5, 0.6) is 5.75 Å². The van der Waals surface area contributed by atoms with Gasteiger partial charge in [0.05, 0.1) is 30.9 Å². The third-order valence-corrected chi connectivity index (χ3v) is 5.92. The number of anilines is 2. The van der Waals surface area contributed by atoms with E-state index < -0.39 is 0 Å². The summed E-state index contributed by atoms with van der Waals surface area (Å²) in [6, 6.07) is 15.9. The van der Waals surface area contributed by atoms with Crippen molar-refractivity contribution >= 4 is 17.4 Å². The maximum atomic E-state index is 13.5. The Morgan fingerprint density at radius 3 is 2.70 bits per heavy atom. The van der Waals surface area contributed by atoms with Crippen LogP contribution in [0, 0.1) is 0 Å². The largest absolute Gasteiger partial charge is 0.494 e. The van der Waals surface area contributed by atoms with E-state index in [4.69, 9.17) is 4.74 Å². The lowest BCUT2D eigenvalue weighted by molar-refractivity contribution is 0.206. The van der Waals surface area contributed by atoms with Gasteiger partial charge >= 0.3 is 6.03 Å². The number of hydrogen-bond acceptors (Lipinski definition) is 4. The minimum atomic E-state index is -0.0985. The van der Waals surface area contributed by atoms with Gasteiger partial charge in [-0.1, -0.05) is 30.3 Å². The fourth-order valence-corrected chi connectivity index (χ4v) is 4.26. The molecule has 0 radical (unpaired) electrons. The monoisotopic (exact) mass is 447 g/mol. The van der Waals surface area contributed by atoms with Crippen LogP contribution in [0.4, 0.5) is 16.2 Å². The Kier molecular flexibility index (Phi) is 7.85. The maximum absolute atomic E-state index is 13.5. The zero-order chi connectivity index (χ0) is 22.9. The Balaban J connectivity index is 1.50. The highest BCUT2D eigenvalue weighted by Crippen LogP contribution is 2.29. The molecule has 2 aromatic carbocycles. The molecule has 0 unspecified atom stereocenters. The van der Waals surface area contributed by atoms with Gasteiger partial charge in [0, 0.05) is 44.1 Å². The van der Waals surface area contributed by atoms with Gasteiger partial charge in [0.15, 0.2) is 0 Å². The van der Waals surface area contributed by atoms with E-state index in [-0.39, 0.29) is 6.03 Å². The lowest BCUT2D eigenvalue weighted by atomic mass is 10.2. The Morgan fingerprint density at radius 2 is 1.91 bits per heavy atom. The molecule has 0 saturated carbocycles. The van der Waals surface area contributed by atoms with Gasteiger partial charge in [-0.15, -0.1) is 0 Å². The first kappa shape index (κ1) is 22.7. The van der Waals surface area contributed by atoms with Gasteiger partial charge in [0.2, 0.25) is 0 Å². The molecule has 1 aromatic heterocycles. The van der Waals surface area contributed by atoms with E-state index in [1.54, 1.807) is 12.5 Å². The van der Waals surface area contributed by atoms with Crippen molar-refractivity contribution in [2.75, 3.05) is 36.5 Å². The number of urea groups is 1. The third-order valence-electron chi connectivity index (χ3n) is 5.92. The lowest BCUT2D eigenvalue weighted by Gasteiger charge is -2.26. The first-order valence-electron chi connectivity index (χ1n) is 11.8. The highest BCUT2D eigenvalue weighted by atomic mass is 16.5. The quantitative estimate of drug-likeness (QED) is 0.475. The van der Waals surface area contributed by atoms with Crippen molar-refractivity contribution in [3.63, 3.8) is 0 Å². The molecular weight excluding hydrogens is 414 g/mol. The standard InChI is InChI=1S/C26H33N5O2/c1-2-33-25-13-6-3-10-22(25)20-31(18-9-15-29-19-14-27-21-29)26(32)28-23-11-4-5-12-24(23)30-16-7-8-17-30/h3-6,10-14,19,21H,2,7-9,15-18,20H2,1H3,(H,28,32). The van der Waals surface area contributed by atoms with E-state index in [0.29, 0.717) is 19.7 Å². The molecule has 1 N–H and O–H groups in total. The summed E-state index contributed by atoms with van der Waals surface area (Å²) in [5.41, 5.74) is 2.96. The van der Waals surface area contributed by atoms with Gasteiger partial charge < -0.3 is 24.4 Å². The number of hydrogen-bond donors (Lipinski definition) is 1. The summed E-state index contributed by atoms with van der Waals surface area (Å²) in [5.74, 6) is 0.824. The van der Waals surface area contributed by atoms with Crippen molar-refractivity contribution in [1.29, 1.82) is 0 Å². The number of ether oxygens (including phenoxy) is 1. The summed E-state index contributed by atoms with van der Waals surface area (Å²) >= 11 is 0. The normalized spacial score (nSPS) is 13.2. The van der Waals surface area contributed by atoms with Gasteiger partial charge in [0.1, 0.15) is 5.75 Å². The van der Waals surface area contributed by atoms with Crippen LogP contribution in [0.3, 0.4) is 0 Å². The topological polar surface area (TPSA) is 62.6 Å². The van der Waals surface area contributed by atoms with Crippen molar-refractivity contribution in [2.24, 2.45) is 0 Å². The number of aromatic nitrogens is 2. The lowest BCUT2D eigenvalue weighted by Crippen LogP contribution is -2.36. The van der Waals surface area contributed by atoms with E-state index in [0.717, 1.165) is 48.7 Å². The number of rotatable bonds is 10. The van der Waals surface area contributed by atoms with Crippen molar-refractivity contribution < 1.29 is 9.53 Å². The summed E-state index contributed by atoms with van der Waals surface area (Å²) in [4.78, 5) is 21.8. The van der Waals surface area contributed by atoms with Crippen LogP contribution in [0.25, 0.3) is 0 Å². The summed E-state index contributed by atoms with van der Waals surface area (Å²) in [5, 5.41) is 3.19. The number of benzene rings is 2. The second-order valence-corrected chi connectivity index (χ2v) is 8.26. The maximum Gasteiger partial charge on any atom is 0.322 e. The van der Waals surface area contributed by atoms with E-state index in [2.05, 4.69) is 21.3 Å². The molecule has 0 bridgehead atoms. The van der Waals surface area contributed by atoms with Crippen LogP contribution in [-0.4, -0.2) is 46.7 Å². The van der Waals surface area contributed by atoms with Gasteiger partial charge in [-0.3, -0.25) is 0 Å². The Morgan fingerprint density at radius 1 is 1.12 bits per heavy atom. The van der Waals surface area contributed by atoms with Crippen LogP contribution >= 0.6 is 0 Å². The number of carbonyl (C=O) groups is 1. The fraction of sp³-hybridized carbons (Fsp3) is 0.385. The smallest absolute Gasteiger partial charge is 0.322 e. The molecule has 1 fully saturated rings. The highest BCUT2D eigenvalue weighted by Gasteiger charge is 2.20. The molecular formula is C26H33N5O2. The Hall–Kier alpha value is -3.48. The first-order valence-corrected chi connectivity index (χ1v) is 11.8. The minimum Gasteiger partial charge on any atom is -0.494 e. The molecule has 3 aromatic rings. The predicted octanol–water partition coefficient (Wildman–Crippen LogP) is 5.01. The van der Waals surface area contributed by atoms with Crippen molar-refractivity contribution in [3.05, 3.63) is 72.8 Å². The molecule has 1 saturated heterocycles. The van der Waals surface area contributed by atoms with Crippen LogP contribution in [-0.2, 0) is 13.1 Å². The zero-order valence-corrected chi connectivity index (χ0v) is 19.3. The van der Waals surface area contributed by atoms with Crippen molar-refractivity contribution in [1.82, 2.24) is 14.5 Å². The molecule has 7 heteroatoms. The number of imidazole rings is 1. The number of nitrogens with one attached hydrogen (secondary N) is 1. The SMILES string of the molecule is CCOc1ccccc1CN(CCCn1ccnc1)C(=O)Nc1ccccc1N1CCCC1. The van der Waals surface area contributed by atoms with Crippen molar-refractivity contribution in [2.45, 2.75) is 39.3 Å². The van der Waals surface area contributed by atoms with E-state index in [1.807, 2.05) is 65.1 Å².